The van der Waals surface area contributed by atoms with Gasteiger partial charge in [0.2, 0.25) is 0 Å². The lowest BCUT2D eigenvalue weighted by Crippen LogP contribution is -2.11. The van der Waals surface area contributed by atoms with Crippen LogP contribution in [0.2, 0.25) is 10.0 Å². The lowest BCUT2D eigenvalue weighted by Gasteiger charge is -2.15. The molecule has 0 aromatic heterocycles. The first-order valence-corrected chi connectivity index (χ1v) is 7.85. The van der Waals surface area contributed by atoms with Crippen LogP contribution in [0.4, 0.5) is 11.4 Å². The molecule has 0 aliphatic rings. The van der Waals surface area contributed by atoms with Crippen molar-refractivity contribution in [1.82, 2.24) is 0 Å². The average molecular weight is 386 g/mol. The Kier molecular flexibility index (Phi) is 8.28. The fourth-order valence-electron chi connectivity index (χ4n) is 1.93. The largest absolute Gasteiger partial charge is 0.435 e. The fraction of sp³-hybridized carbons (Fsp3) is 0.235. The molecule has 2 aromatic carbocycles. The average Bonchev–Trinajstić information content (AvgIpc) is 2.55. The molecule has 0 bridgehead atoms. The van der Waals surface area contributed by atoms with E-state index in [4.69, 9.17) is 32.7 Å². The van der Waals surface area contributed by atoms with E-state index in [1.165, 1.54) is 0 Å². The molecule has 0 amide bonds. The van der Waals surface area contributed by atoms with Crippen molar-refractivity contribution in [3.63, 3.8) is 0 Å². The van der Waals surface area contributed by atoms with Gasteiger partial charge < -0.3 is 14.8 Å². The van der Waals surface area contributed by atoms with E-state index in [0.717, 1.165) is 5.56 Å². The Morgan fingerprint density at radius 3 is 2.58 bits per heavy atom. The van der Waals surface area contributed by atoms with Crippen LogP contribution in [-0.2, 0) is 9.47 Å². The van der Waals surface area contributed by atoms with Gasteiger partial charge in [-0.05, 0) is 48.6 Å². The number of hydrogen-bond acceptors (Lipinski definition) is 4. The number of carbonyl (C=O) groups is 1. The van der Waals surface area contributed by atoms with Gasteiger partial charge in [0, 0.05) is 6.61 Å². The number of anilines is 2. The van der Waals surface area contributed by atoms with E-state index in [1.54, 1.807) is 30.3 Å². The number of ether oxygens (including phenoxy) is 2. The van der Waals surface area contributed by atoms with Crippen molar-refractivity contribution in [2.24, 2.45) is 0 Å². The molecule has 0 saturated carbocycles. The van der Waals surface area contributed by atoms with Gasteiger partial charge in [-0.2, -0.15) is 0 Å². The predicted octanol–water partition coefficient (Wildman–Crippen LogP) is 3.74. The maximum Gasteiger partial charge on any atom is 0.342 e. The smallest absolute Gasteiger partial charge is 0.342 e. The molecule has 2 aromatic rings. The number of halogens is 2. The summed E-state index contributed by atoms with van der Waals surface area (Å²) in [7, 11) is 0. The number of esters is 1. The van der Waals surface area contributed by atoms with Crippen molar-refractivity contribution in [2.75, 3.05) is 18.7 Å². The minimum Gasteiger partial charge on any atom is -0.435 e. The first kappa shape index (κ1) is 20.5. The summed E-state index contributed by atoms with van der Waals surface area (Å²) in [5.74, 6) is -0.485. The topological polar surface area (TPSA) is 47.6 Å². The van der Waals surface area contributed by atoms with Gasteiger partial charge in [-0.25, -0.2) is 4.79 Å². The van der Waals surface area contributed by atoms with Gasteiger partial charge in [-0.1, -0.05) is 41.4 Å². The number of aryl methyl sites for hydroxylation is 1. The Balaban J connectivity index is 0.00000288. The van der Waals surface area contributed by atoms with Crippen LogP contribution in [-0.4, -0.2) is 30.3 Å². The highest BCUT2D eigenvalue weighted by atomic mass is 35.5. The van der Waals surface area contributed by atoms with Crippen LogP contribution in [0.25, 0.3) is 0 Å². The molecule has 7 heteroatoms. The van der Waals surface area contributed by atoms with Gasteiger partial charge in [-0.15, -0.1) is 0 Å². The molecule has 0 atom stereocenters. The van der Waals surface area contributed by atoms with Crippen LogP contribution in [0, 0.1) is 6.92 Å². The lowest BCUT2D eigenvalue weighted by molar-refractivity contribution is -0.0273. The Morgan fingerprint density at radius 1 is 1.17 bits per heavy atom. The summed E-state index contributed by atoms with van der Waals surface area (Å²) in [5, 5.41) is 4.10. The van der Waals surface area contributed by atoms with E-state index < -0.39 is 5.97 Å². The van der Waals surface area contributed by atoms with Gasteiger partial charge in [0.15, 0.2) is 6.79 Å². The van der Waals surface area contributed by atoms with Crippen molar-refractivity contribution in [1.29, 1.82) is 0 Å². The zero-order chi connectivity index (χ0) is 16.8. The van der Waals surface area contributed by atoms with E-state index in [-0.39, 0.29) is 17.8 Å². The molecule has 2 rings (SSSR count). The molecule has 0 fully saturated rings. The number of para-hydroxylation sites is 1. The third-order valence-corrected chi connectivity index (χ3v) is 3.97. The molecule has 0 aliphatic carbocycles. The molecule has 1 N–H and O–H groups in total. The highest BCUT2D eigenvalue weighted by Gasteiger charge is 2.15. The molecular weight excluding hydrogens is 365 g/mol. The maximum atomic E-state index is 12.2. The molecule has 0 saturated heterocycles. The Hall–Kier alpha value is -1.53. The van der Waals surface area contributed by atoms with Gasteiger partial charge in [-0.3, -0.25) is 0 Å². The summed E-state index contributed by atoms with van der Waals surface area (Å²) >= 11 is 12.5. The summed E-state index contributed by atoms with van der Waals surface area (Å²) in [6.45, 7) is 4.09. The number of nitrogens with one attached hydrogen (secondary N) is 1. The summed E-state index contributed by atoms with van der Waals surface area (Å²) in [4.78, 5) is 12.2. The van der Waals surface area contributed by atoms with Crippen LogP contribution in [0.5, 0.6) is 0 Å². The van der Waals surface area contributed by atoms with Crippen molar-refractivity contribution < 1.29 is 14.3 Å². The predicted molar refractivity (Wildman–Crippen MR) is 104 cm³/mol. The van der Waals surface area contributed by atoms with Gasteiger partial charge in [0.25, 0.3) is 0 Å². The Morgan fingerprint density at radius 2 is 1.88 bits per heavy atom. The fourth-order valence-corrected chi connectivity index (χ4v) is 2.40. The van der Waals surface area contributed by atoms with Gasteiger partial charge in [0.1, 0.15) is 0 Å². The molecule has 24 heavy (non-hydrogen) atoms. The molecule has 0 spiro atoms. The molecule has 0 unspecified atom stereocenters. The second-order valence-electron chi connectivity index (χ2n) is 4.77. The van der Waals surface area contributed by atoms with E-state index in [9.17, 15) is 4.79 Å². The Bertz CT molecular complexity index is 710. The van der Waals surface area contributed by atoms with Crippen LogP contribution < -0.4 is 5.32 Å². The van der Waals surface area contributed by atoms with Crippen molar-refractivity contribution in [3.8, 4) is 0 Å². The summed E-state index contributed by atoms with van der Waals surface area (Å²) in [5.41, 5.74) is 2.37. The maximum absolute atomic E-state index is 12.2. The Labute approximate surface area is 156 Å². The quantitative estimate of drug-likeness (QED) is 0.356. The molecule has 0 radical (unpaired) electrons. The summed E-state index contributed by atoms with van der Waals surface area (Å²) in [6.07, 6.45) is 0. The number of carbonyl (C=O) groups excluding carboxylic acids is 1. The lowest BCUT2D eigenvalue weighted by atomic mass is 10.1. The monoisotopic (exact) mass is 385 g/mol. The molecule has 0 aliphatic heterocycles. The van der Waals surface area contributed by atoms with E-state index in [1.807, 2.05) is 19.9 Å². The summed E-state index contributed by atoms with van der Waals surface area (Å²) < 4.78 is 10.1. The second-order valence-corrected chi connectivity index (χ2v) is 5.55. The highest BCUT2D eigenvalue weighted by molar-refractivity contribution is 6.39. The van der Waals surface area contributed by atoms with Crippen LogP contribution in [0.1, 0.15) is 22.8 Å². The molecule has 4 nitrogen and oxygen atoms in total. The minimum absolute atomic E-state index is 0. The number of hydrogen-bond donors (Lipinski definition) is 1. The minimum atomic E-state index is -0.485. The zero-order valence-electron chi connectivity index (χ0n) is 12.9. The normalized spacial score (nSPS) is 10.0. The van der Waals surface area contributed by atoms with Crippen LogP contribution >= 0.6 is 23.2 Å². The first-order chi connectivity index (χ1) is 11.0. The number of rotatable bonds is 6. The van der Waals surface area contributed by atoms with Gasteiger partial charge >= 0.3 is 5.97 Å². The highest BCUT2D eigenvalue weighted by Crippen LogP contribution is 2.36. The molecule has 130 valence electrons. The van der Waals surface area contributed by atoms with Crippen molar-refractivity contribution in [3.05, 3.63) is 57.6 Å². The SMILES string of the molecule is CCOCOC(=O)c1ccccc1Nc1c(Cl)ccc(C)c1Cl.[SiH4]. The van der Waals surface area contributed by atoms with Gasteiger partial charge in [0.05, 0.1) is 27.0 Å². The third-order valence-electron chi connectivity index (χ3n) is 3.17. The van der Waals surface area contributed by atoms with Crippen molar-refractivity contribution >= 4 is 51.5 Å². The van der Waals surface area contributed by atoms with E-state index in [0.29, 0.717) is 33.6 Å². The molecular formula is C17H21Cl2NO3Si. The zero-order valence-corrected chi connectivity index (χ0v) is 14.4. The third kappa shape index (κ3) is 4.98. The first-order valence-electron chi connectivity index (χ1n) is 7.10. The molecule has 0 heterocycles. The van der Waals surface area contributed by atoms with Crippen LogP contribution in [0.3, 0.4) is 0 Å². The van der Waals surface area contributed by atoms with E-state index in [2.05, 4.69) is 5.32 Å². The standard InChI is InChI=1S/C17H17Cl2NO3.H4Si/c1-3-22-10-23-17(21)12-6-4-5-7-14(12)20-16-13(18)9-8-11(2)15(16)19;/h4-9,20H,3,10H2,1-2H3;1H4. The van der Waals surface area contributed by atoms with Crippen LogP contribution in [0.15, 0.2) is 36.4 Å². The van der Waals surface area contributed by atoms with Crippen molar-refractivity contribution in [2.45, 2.75) is 13.8 Å². The number of benzene rings is 2. The second kappa shape index (κ2) is 9.69. The van der Waals surface area contributed by atoms with E-state index >= 15 is 0 Å². The summed E-state index contributed by atoms with van der Waals surface area (Å²) in [6, 6.07) is 10.6.